The fraction of sp³-hybridized carbons (Fsp3) is 0.500. The Morgan fingerprint density at radius 1 is 1.12 bits per heavy atom. The number of benzene rings is 1. The second kappa shape index (κ2) is 13.7. The van der Waals surface area contributed by atoms with E-state index < -0.39 is 47.4 Å². The van der Waals surface area contributed by atoms with Crippen molar-refractivity contribution in [2.24, 2.45) is 5.41 Å². The number of alkyl halides is 3. The molecule has 3 aromatic rings. The smallest absolute Gasteiger partial charge is 0.416 e. The van der Waals surface area contributed by atoms with Crippen molar-refractivity contribution >= 4 is 12.0 Å². The summed E-state index contributed by atoms with van der Waals surface area (Å²) in [6, 6.07) is 7.05. The van der Waals surface area contributed by atoms with E-state index in [4.69, 9.17) is 9.26 Å². The summed E-state index contributed by atoms with van der Waals surface area (Å²) in [6.07, 6.45) is -2.56. The molecule has 224 valence electrons. The number of nitrogens with zero attached hydrogens (tertiary/aromatic N) is 3. The van der Waals surface area contributed by atoms with Crippen molar-refractivity contribution in [1.29, 1.82) is 0 Å². The first-order chi connectivity index (χ1) is 19.3. The van der Waals surface area contributed by atoms with Crippen molar-refractivity contribution < 1.29 is 37.1 Å². The molecule has 10 nitrogen and oxygen atoms in total. The Hall–Kier alpha value is -3.87. The normalized spacial score (nSPS) is 14.2. The molecule has 0 unspecified atom stereocenters. The van der Waals surface area contributed by atoms with Gasteiger partial charge in [0.25, 0.3) is 5.91 Å². The monoisotopic (exact) mass is 579 g/mol. The van der Waals surface area contributed by atoms with Gasteiger partial charge >= 0.3 is 12.3 Å². The summed E-state index contributed by atoms with van der Waals surface area (Å²) < 4.78 is 50.9. The lowest BCUT2D eigenvalue weighted by atomic mass is 9.89. The minimum Gasteiger partial charge on any atom is -0.444 e. The summed E-state index contributed by atoms with van der Waals surface area (Å²) in [5.41, 5.74) is -0.293. The highest BCUT2D eigenvalue weighted by molar-refractivity contribution is 5.82. The first kappa shape index (κ1) is 31.7. The third-order valence-electron chi connectivity index (χ3n) is 6.47. The maximum Gasteiger partial charge on any atom is 0.416 e. The molecule has 3 rings (SSSR count). The number of amides is 2. The van der Waals surface area contributed by atoms with E-state index in [0.717, 1.165) is 18.6 Å². The lowest BCUT2D eigenvalue weighted by Crippen LogP contribution is -2.51. The zero-order valence-corrected chi connectivity index (χ0v) is 23.4. The maximum atomic E-state index is 13.0. The van der Waals surface area contributed by atoms with Crippen LogP contribution in [0.3, 0.4) is 0 Å². The van der Waals surface area contributed by atoms with E-state index in [2.05, 4.69) is 20.9 Å². The molecular weight excluding hydrogens is 543 g/mol. The minimum absolute atomic E-state index is 0.0330. The zero-order valence-electron chi connectivity index (χ0n) is 23.4. The highest BCUT2D eigenvalue weighted by atomic mass is 19.4. The Morgan fingerprint density at radius 2 is 1.83 bits per heavy atom. The second-order valence-corrected chi connectivity index (χ2v) is 10.8. The van der Waals surface area contributed by atoms with Crippen molar-refractivity contribution in [2.75, 3.05) is 0 Å². The number of carbonyl (C=O) groups is 2. The number of aliphatic hydroxyl groups is 1. The second-order valence-electron chi connectivity index (χ2n) is 10.8. The Balaban J connectivity index is 1.65. The highest BCUT2D eigenvalue weighted by Gasteiger charge is 2.33. The van der Waals surface area contributed by atoms with Gasteiger partial charge in [-0.1, -0.05) is 57.8 Å². The molecule has 41 heavy (non-hydrogen) atoms. The van der Waals surface area contributed by atoms with Gasteiger partial charge in [0.15, 0.2) is 11.9 Å². The fourth-order valence-electron chi connectivity index (χ4n) is 3.95. The molecule has 3 N–H and O–H groups in total. The van der Waals surface area contributed by atoms with Crippen LogP contribution in [0.5, 0.6) is 0 Å². The van der Waals surface area contributed by atoms with Crippen LogP contribution < -0.4 is 10.6 Å². The van der Waals surface area contributed by atoms with Crippen LogP contribution >= 0.6 is 0 Å². The molecule has 0 spiro atoms. The third-order valence-corrected chi connectivity index (χ3v) is 6.47. The van der Waals surface area contributed by atoms with E-state index in [1.807, 2.05) is 27.7 Å². The van der Waals surface area contributed by atoms with Gasteiger partial charge in [-0.3, -0.25) is 9.48 Å². The Labute approximate surface area is 236 Å². The van der Waals surface area contributed by atoms with Gasteiger partial charge in [0.05, 0.1) is 36.6 Å². The average molecular weight is 580 g/mol. The van der Waals surface area contributed by atoms with Gasteiger partial charge in [-0.25, -0.2) is 4.79 Å². The predicted molar refractivity (Wildman–Crippen MR) is 143 cm³/mol. The van der Waals surface area contributed by atoms with E-state index in [1.54, 1.807) is 23.0 Å². The number of alkyl carbamates (subject to hydrolysis) is 1. The van der Waals surface area contributed by atoms with E-state index in [0.29, 0.717) is 29.9 Å². The molecule has 2 amide bonds. The van der Waals surface area contributed by atoms with Gasteiger partial charge in [-0.05, 0) is 24.6 Å². The number of hydrogen-bond donors (Lipinski definition) is 3. The standard InChI is InChI=1S/C28H36F3N5O5/c1-5-6-7-22(24(37)25(38)32-16-20-12-14-33-41-20)34-26(39)40-23(27(2,3)4)17-36-15-13-21(35-36)18-8-10-19(11-9-18)28(29,30)31/h8-15,22-24,37H,5-7,16-17H2,1-4H3,(H,32,38)(H,34,39)/t22-,23+,24+/m0/s1. The highest BCUT2D eigenvalue weighted by Crippen LogP contribution is 2.31. The summed E-state index contributed by atoms with van der Waals surface area (Å²) in [4.78, 5) is 25.5. The molecule has 13 heteroatoms. The predicted octanol–water partition coefficient (Wildman–Crippen LogP) is 4.93. The molecule has 0 aliphatic carbocycles. The molecule has 2 heterocycles. The lowest BCUT2D eigenvalue weighted by Gasteiger charge is -2.31. The maximum absolute atomic E-state index is 13.0. The van der Waals surface area contributed by atoms with Crippen LogP contribution in [0.1, 0.15) is 58.3 Å². The SMILES string of the molecule is CCCC[C@H](NC(=O)O[C@H](Cn1ccc(-c2ccc(C(F)(F)F)cc2)n1)C(C)(C)C)[C@@H](O)C(=O)NCc1ccno1. The van der Waals surface area contributed by atoms with Crippen LogP contribution in [0, 0.1) is 5.41 Å². The van der Waals surface area contributed by atoms with E-state index in [-0.39, 0.29) is 13.1 Å². The van der Waals surface area contributed by atoms with Crippen LogP contribution in [-0.2, 0) is 28.8 Å². The number of nitrogens with one attached hydrogen (secondary N) is 2. The van der Waals surface area contributed by atoms with Crippen LogP contribution in [0.4, 0.5) is 18.0 Å². The van der Waals surface area contributed by atoms with Gasteiger partial charge in [0.1, 0.15) is 6.10 Å². The van der Waals surface area contributed by atoms with Gasteiger partial charge in [0, 0.05) is 23.2 Å². The largest absolute Gasteiger partial charge is 0.444 e. The average Bonchev–Trinajstić information content (AvgIpc) is 3.60. The molecular formula is C28H36F3N5O5. The molecule has 1 aromatic carbocycles. The van der Waals surface area contributed by atoms with Crippen LogP contribution in [0.2, 0.25) is 0 Å². The molecule has 0 bridgehead atoms. The lowest BCUT2D eigenvalue weighted by molar-refractivity contribution is -0.137. The van der Waals surface area contributed by atoms with E-state index in [9.17, 15) is 27.9 Å². The van der Waals surface area contributed by atoms with E-state index >= 15 is 0 Å². The van der Waals surface area contributed by atoms with Crippen molar-refractivity contribution in [2.45, 2.75) is 84.5 Å². The third kappa shape index (κ3) is 9.34. The Morgan fingerprint density at radius 3 is 2.41 bits per heavy atom. The molecule has 0 fully saturated rings. The summed E-state index contributed by atoms with van der Waals surface area (Å²) in [6.45, 7) is 7.79. The van der Waals surface area contributed by atoms with Gasteiger partial charge in [-0.15, -0.1) is 0 Å². The minimum atomic E-state index is -4.43. The quantitative estimate of drug-likeness (QED) is 0.277. The van der Waals surface area contributed by atoms with E-state index in [1.165, 1.54) is 18.3 Å². The molecule has 3 atom stereocenters. The number of aliphatic hydroxyl groups excluding tert-OH is 1. The van der Waals surface area contributed by atoms with Crippen molar-refractivity contribution in [1.82, 2.24) is 25.6 Å². The topological polar surface area (TPSA) is 132 Å². The fourth-order valence-corrected chi connectivity index (χ4v) is 3.95. The summed E-state index contributed by atoms with van der Waals surface area (Å²) in [5, 5.41) is 23.9. The van der Waals surface area contributed by atoms with Crippen molar-refractivity contribution in [3.05, 3.63) is 60.1 Å². The van der Waals surface area contributed by atoms with Gasteiger partial charge in [0.2, 0.25) is 0 Å². The number of aromatic nitrogens is 3. The van der Waals surface area contributed by atoms with Crippen molar-refractivity contribution in [3.63, 3.8) is 0 Å². The number of rotatable bonds is 12. The summed E-state index contributed by atoms with van der Waals surface area (Å²) >= 11 is 0. The molecule has 2 aromatic heterocycles. The van der Waals surface area contributed by atoms with Gasteiger partial charge in [-0.2, -0.15) is 18.3 Å². The molecule has 0 saturated carbocycles. The molecule has 0 radical (unpaired) electrons. The Bertz CT molecular complexity index is 1250. The number of carbonyl (C=O) groups excluding carboxylic acids is 2. The number of unbranched alkanes of at least 4 members (excludes halogenated alkanes) is 1. The molecule has 0 saturated heterocycles. The molecule has 0 aliphatic rings. The summed E-state index contributed by atoms with van der Waals surface area (Å²) in [7, 11) is 0. The number of ether oxygens (including phenoxy) is 1. The van der Waals surface area contributed by atoms with Gasteiger partial charge < -0.3 is 25.0 Å². The van der Waals surface area contributed by atoms with Crippen LogP contribution in [0.25, 0.3) is 11.3 Å². The zero-order chi connectivity index (χ0) is 30.2. The summed E-state index contributed by atoms with van der Waals surface area (Å²) in [5.74, 6) is -0.265. The number of halogens is 3. The van der Waals surface area contributed by atoms with Crippen LogP contribution in [0.15, 0.2) is 53.3 Å². The first-order valence-electron chi connectivity index (χ1n) is 13.3. The Kier molecular flexibility index (Phi) is 10.5. The first-order valence-corrected chi connectivity index (χ1v) is 13.3. The van der Waals surface area contributed by atoms with Crippen LogP contribution in [-0.4, -0.2) is 50.3 Å². The number of hydrogen-bond acceptors (Lipinski definition) is 7. The van der Waals surface area contributed by atoms with Crippen molar-refractivity contribution in [3.8, 4) is 11.3 Å². The molecule has 0 aliphatic heterocycles.